The number of hydrogen-bond acceptors (Lipinski definition) is 1. The number of benzene rings is 2. The first-order chi connectivity index (χ1) is 10.8. The first-order valence-electron chi connectivity index (χ1n) is 8.38. The van der Waals surface area contributed by atoms with E-state index in [0.29, 0.717) is 0 Å². The second-order valence-electron chi connectivity index (χ2n) is 5.69. The third-order valence-corrected chi connectivity index (χ3v) is 3.77. The molecule has 1 nitrogen and oxygen atoms in total. The Bertz CT molecular complexity index is 548. The highest BCUT2D eigenvalue weighted by Gasteiger charge is 1.99. The van der Waals surface area contributed by atoms with Crippen molar-refractivity contribution in [1.29, 1.82) is 0 Å². The molecule has 0 saturated carbocycles. The average molecular weight is 293 g/mol. The van der Waals surface area contributed by atoms with Gasteiger partial charge in [-0.25, -0.2) is 0 Å². The van der Waals surface area contributed by atoms with Gasteiger partial charge in [0.25, 0.3) is 0 Å². The predicted molar refractivity (Wildman–Crippen MR) is 97.9 cm³/mol. The van der Waals surface area contributed by atoms with Crippen LogP contribution < -0.4 is 0 Å². The molecule has 2 rings (SSSR count). The SMILES string of the molecule is CCCN(C/C=C/c1ccc(-c2ccccc2)cc1)CCC. The molecule has 116 valence electrons. The highest BCUT2D eigenvalue weighted by molar-refractivity contribution is 5.65. The van der Waals surface area contributed by atoms with Gasteiger partial charge < -0.3 is 0 Å². The summed E-state index contributed by atoms with van der Waals surface area (Å²) in [4.78, 5) is 2.51. The number of nitrogens with zero attached hydrogens (tertiary/aromatic N) is 1. The van der Waals surface area contributed by atoms with Crippen molar-refractivity contribution >= 4 is 6.08 Å². The van der Waals surface area contributed by atoms with E-state index in [-0.39, 0.29) is 0 Å². The largest absolute Gasteiger partial charge is 0.300 e. The van der Waals surface area contributed by atoms with E-state index in [1.54, 1.807) is 0 Å². The standard InChI is InChI=1S/C21H27N/c1-3-16-22(17-4-2)18-8-9-19-12-14-21(15-13-19)20-10-6-5-7-11-20/h5-15H,3-4,16-18H2,1-2H3/b9-8+. The lowest BCUT2D eigenvalue weighted by Crippen LogP contribution is -2.25. The van der Waals surface area contributed by atoms with E-state index in [9.17, 15) is 0 Å². The lowest BCUT2D eigenvalue weighted by molar-refractivity contribution is 0.304. The molecule has 0 bridgehead atoms. The molecule has 0 saturated heterocycles. The molecule has 0 heterocycles. The van der Waals surface area contributed by atoms with E-state index in [4.69, 9.17) is 0 Å². The zero-order chi connectivity index (χ0) is 15.6. The Hall–Kier alpha value is -1.86. The minimum Gasteiger partial charge on any atom is -0.300 e. The quantitative estimate of drug-likeness (QED) is 0.622. The van der Waals surface area contributed by atoms with Crippen LogP contribution in [0.2, 0.25) is 0 Å². The Morgan fingerprint density at radius 1 is 0.773 bits per heavy atom. The smallest absolute Gasteiger partial charge is 0.0166 e. The number of hydrogen-bond donors (Lipinski definition) is 0. The molecule has 2 aromatic rings. The van der Waals surface area contributed by atoms with E-state index in [0.717, 1.165) is 6.54 Å². The van der Waals surface area contributed by atoms with Gasteiger partial charge in [0.15, 0.2) is 0 Å². The van der Waals surface area contributed by atoms with Crippen molar-refractivity contribution in [2.75, 3.05) is 19.6 Å². The zero-order valence-corrected chi connectivity index (χ0v) is 13.8. The van der Waals surface area contributed by atoms with Crippen LogP contribution >= 0.6 is 0 Å². The van der Waals surface area contributed by atoms with Gasteiger partial charge in [0.05, 0.1) is 0 Å². The summed E-state index contributed by atoms with van der Waals surface area (Å²) in [6.45, 7) is 7.90. The van der Waals surface area contributed by atoms with Gasteiger partial charge >= 0.3 is 0 Å². The first-order valence-corrected chi connectivity index (χ1v) is 8.38. The van der Waals surface area contributed by atoms with Crippen molar-refractivity contribution < 1.29 is 0 Å². The minimum absolute atomic E-state index is 1.04. The van der Waals surface area contributed by atoms with Crippen LogP contribution in [0, 0.1) is 0 Å². The van der Waals surface area contributed by atoms with Gasteiger partial charge in [-0.15, -0.1) is 0 Å². The summed E-state index contributed by atoms with van der Waals surface area (Å²) in [6.07, 6.45) is 6.95. The molecule has 0 N–H and O–H groups in total. The molecule has 1 heteroatoms. The maximum absolute atomic E-state index is 2.51. The Morgan fingerprint density at radius 3 is 1.95 bits per heavy atom. The maximum Gasteiger partial charge on any atom is 0.0166 e. The lowest BCUT2D eigenvalue weighted by Gasteiger charge is -2.18. The fraction of sp³-hybridized carbons (Fsp3) is 0.333. The van der Waals surface area contributed by atoms with E-state index in [2.05, 4.69) is 85.5 Å². The fourth-order valence-electron chi connectivity index (χ4n) is 2.68. The van der Waals surface area contributed by atoms with Gasteiger partial charge in [-0.05, 0) is 42.6 Å². The van der Waals surface area contributed by atoms with Gasteiger partial charge in [-0.2, -0.15) is 0 Å². The van der Waals surface area contributed by atoms with Gasteiger partial charge in [-0.1, -0.05) is 80.6 Å². The summed E-state index contributed by atoms with van der Waals surface area (Å²) >= 11 is 0. The normalized spacial score (nSPS) is 11.4. The van der Waals surface area contributed by atoms with Crippen LogP contribution in [0.1, 0.15) is 32.3 Å². The second kappa shape index (κ2) is 9.22. The Morgan fingerprint density at radius 2 is 1.36 bits per heavy atom. The van der Waals surface area contributed by atoms with Crippen LogP contribution in [0.5, 0.6) is 0 Å². The average Bonchev–Trinajstić information content (AvgIpc) is 2.57. The summed E-state index contributed by atoms with van der Waals surface area (Å²) in [5.74, 6) is 0. The van der Waals surface area contributed by atoms with Crippen molar-refractivity contribution in [3.63, 3.8) is 0 Å². The van der Waals surface area contributed by atoms with Crippen LogP contribution in [0.3, 0.4) is 0 Å². The topological polar surface area (TPSA) is 3.24 Å². The molecule has 0 aromatic heterocycles. The van der Waals surface area contributed by atoms with Crippen molar-refractivity contribution in [3.05, 3.63) is 66.2 Å². The first kappa shape index (κ1) is 16.5. The highest BCUT2D eigenvalue weighted by atomic mass is 15.1. The summed E-state index contributed by atoms with van der Waals surface area (Å²) in [5.41, 5.74) is 3.82. The molecular weight excluding hydrogens is 266 g/mol. The van der Waals surface area contributed by atoms with E-state index in [1.807, 2.05) is 0 Å². The lowest BCUT2D eigenvalue weighted by atomic mass is 10.0. The molecule has 0 unspecified atom stereocenters. The van der Waals surface area contributed by atoms with Crippen molar-refractivity contribution in [2.24, 2.45) is 0 Å². The minimum atomic E-state index is 1.04. The molecule has 22 heavy (non-hydrogen) atoms. The van der Waals surface area contributed by atoms with Gasteiger partial charge in [0.1, 0.15) is 0 Å². The van der Waals surface area contributed by atoms with E-state index < -0.39 is 0 Å². The number of rotatable bonds is 8. The molecule has 0 atom stereocenters. The summed E-state index contributed by atoms with van der Waals surface area (Å²) < 4.78 is 0. The molecule has 0 fully saturated rings. The highest BCUT2D eigenvalue weighted by Crippen LogP contribution is 2.19. The Kier molecular flexibility index (Phi) is 6.92. The van der Waals surface area contributed by atoms with Crippen LogP contribution in [-0.4, -0.2) is 24.5 Å². The second-order valence-corrected chi connectivity index (χ2v) is 5.69. The van der Waals surface area contributed by atoms with Crippen molar-refractivity contribution in [1.82, 2.24) is 4.90 Å². The van der Waals surface area contributed by atoms with E-state index >= 15 is 0 Å². The molecule has 0 spiro atoms. The van der Waals surface area contributed by atoms with Crippen LogP contribution in [0.4, 0.5) is 0 Å². The molecule has 0 amide bonds. The Balaban J connectivity index is 1.94. The summed E-state index contributed by atoms with van der Waals surface area (Å²) in [6, 6.07) is 19.3. The molecule has 0 radical (unpaired) electrons. The van der Waals surface area contributed by atoms with Crippen LogP contribution in [-0.2, 0) is 0 Å². The summed E-state index contributed by atoms with van der Waals surface area (Å²) in [7, 11) is 0. The van der Waals surface area contributed by atoms with Crippen LogP contribution in [0.25, 0.3) is 17.2 Å². The zero-order valence-electron chi connectivity index (χ0n) is 13.8. The van der Waals surface area contributed by atoms with Gasteiger partial charge in [0.2, 0.25) is 0 Å². The molecule has 0 aliphatic rings. The molecular formula is C21H27N. The van der Waals surface area contributed by atoms with Crippen LogP contribution in [0.15, 0.2) is 60.7 Å². The van der Waals surface area contributed by atoms with Crippen molar-refractivity contribution in [2.45, 2.75) is 26.7 Å². The molecule has 0 aliphatic carbocycles. The predicted octanol–water partition coefficient (Wildman–Crippen LogP) is 5.49. The van der Waals surface area contributed by atoms with E-state index in [1.165, 1.54) is 42.6 Å². The molecule has 2 aromatic carbocycles. The van der Waals surface area contributed by atoms with Gasteiger partial charge in [0, 0.05) is 6.54 Å². The maximum atomic E-state index is 2.51. The van der Waals surface area contributed by atoms with Crippen molar-refractivity contribution in [3.8, 4) is 11.1 Å². The third kappa shape index (κ3) is 5.16. The van der Waals surface area contributed by atoms with Gasteiger partial charge in [-0.3, -0.25) is 4.90 Å². The Labute approximate surface area is 135 Å². The summed E-state index contributed by atoms with van der Waals surface area (Å²) in [5, 5.41) is 0. The fourth-order valence-corrected chi connectivity index (χ4v) is 2.68. The monoisotopic (exact) mass is 293 g/mol. The third-order valence-electron chi connectivity index (χ3n) is 3.77. The molecule has 0 aliphatic heterocycles.